The monoisotopic (exact) mass is 418 g/mol. The number of nitrogens with zero attached hydrogens (tertiary/aromatic N) is 2. The minimum absolute atomic E-state index is 0.0247. The van der Waals surface area contributed by atoms with E-state index in [0.717, 1.165) is 11.3 Å². The smallest absolute Gasteiger partial charge is 0.315 e. The summed E-state index contributed by atoms with van der Waals surface area (Å²) in [5.41, 5.74) is 3.83. The molecule has 1 unspecified atom stereocenters. The van der Waals surface area contributed by atoms with Gasteiger partial charge in [0.25, 0.3) is 0 Å². The molecule has 31 heavy (non-hydrogen) atoms. The van der Waals surface area contributed by atoms with E-state index in [1.807, 2.05) is 43.3 Å². The van der Waals surface area contributed by atoms with Crippen LogP contribution in [0.4, 0.5) is 0 Å². The highest BCUT2D eigenvalue weighted by Crippen LogP contribution is 2.46. The van der Waals surface area contributed by atoms with Crippen LogP contribution in [0.5, 0.6) is 0 Å². The van der Waals surface area contributed by atoms with Crippen LogP contribution in [0.2, 0.25) is 0 Å². The minimum Gasteiger partial charge on any atom is -0.463 e. The molecule has 0 saturated heterocycles. The van der Waals surface area contributed by atoms with Gasteiger partial charge in [0, 0.05) is 42.4 Å². The molecule has 1 aliphatic heterocycles. The summed E-state index contributed by atoms with van der Waals surface area (Å²) in [5, 5.41) is 0. The molecule has 6 heteroatoms. The van der Waals surface area contributed by atoms with Gasteiger partial charge in [-0.3, -0.25) is 19.6 Å². The van der Waals surface area contributed by atoms with Crippen molar-refractivity contribution in [3.63, 3.8) is 0 Å². The molecule has 160 valence electrons. The third kappa shape index (κ3) is 4.35. The van der Waals surface area contributed by atoms with Crippen molar-refractivity contribution >= 4 is 17.5 Å². The summed E-state index contributed by atoms with van der Waals surface area (Å²) in [6.45, 7) is 2.30. The SMILES string of the molecule is COCCOC(=O)C1C(C)=NC2=C(C(=O)C[C@H](c3ccccc3)C2)[C@H]1c1ccccn1. The van der Waals surface area contributed by atoms with Gasteiger partial charge in [-0.05, 0) is 37.0 Å². The Labute approximate surface area is 182 Å². The topological polar surface area (TPSA) is 77.9 Å². The Morgan fingerprint density at radius 1 is 1.06 bits per heavy atom. The zero-order chi connectivity index (χ0) is 21.8. The highest BCUT2D eigenvalue weighted by atomic mass is 16.6. The molecule has 3 atom stereocenters. The Morgan fingerprint density at radius 3 is 2.55 bits per heavy atom. The molecule has 1 aromatic carbocycles. The molecule has 0 N–H and O–H groups in total. The van der Waals surface area contributed by atoms with Crippen LogP contribution in [0.25, 0.3) is 0 Å². The van der Waals surface area contributed by atoms with E-state index in [1.165, 1.54) is 0 Å². The largest absolute Gasteiger partial charge is 0.463 e. The number of benzene rings is 1. The second-order valence-electron chi connectivity index (χ2n) is 7.92. The van der Waals surface area contributed by atoms with Gasteiger partial charge in [0.1, 0.15) is 12.5 Å². The van der Waals surface area contributed by atoms with Gasteiger partial charge in [0.05, 0.1) is 12.5 Å². The zero-order valence-electron chi connectivity index (χ0n) is 17.8. The summed E-state index contributed by atoms with van der Waals surface area (Å²) in [5.74, 6) is -1.47. The molecule has 0 fully saturated rings. The van der Waals surface area contributed by atoms with Crippen molar-refractivity contribution in [1.82, 2.24) is 4.98 Å². The summed E-state index contributed by atoms with van der Waals surface area (Å²) in [4.78, 5) is 35.7. The fourth-order valence-corrected chi connectivity index (χ4v) is 4.52. The quantitative estimate of drug-likeness (QED) is 0.526. The Hall–Kier alpha value is -3.12. The van der Waals surface area contributed by atoms with Crippen LogP contribution in [0.15, 0.2) is 71.0 Å². The molecular formula is C25H26N2O4. The first-order valence-electron chi connectivity index (χ1n) is 10.5. The normalized spacial score (nSPS) is 23.2. The van der Waals surface area contributed by atoms with Gasteiger partial charge in [0.2, 0.25) is 0 Å². The molecule has 2 aromatic rings. The highest BCUT2D eigenvalue weighted by molar-refractivity contribution is 6.09. The number of hydrogen-bond acceptors (Lipinski definition) is 6. The maximum absolute atomic E-state index is 13.4. The molecular weight excluding hydrogens is 392 g/mol. The lowest BCUT2D eigenvalue weighted by Gasteiger charge is -2.36. The summed E-state index contributed by atoms with van der Waals surface area (Å²) >= 11 is 0. The molecule has 4 rings (SSSR count). The summed E-state index contributed by atoms with van der Waals surface area (Å²) in [6, 6.07) is 15.6. The number of methoxy groups -OCH3 is 1. The number of rotatable bonds is 6. The van der Waals surface area contributed by atoms with Crippen LogP contribution < -0.4 is 0 Å². The lowest BCUT2D eigenvalue weighted by molar-refractivity contribution is -0.147. The van der Waals surface area contributed by atoms with Crippen LogP contribution in [0, 0.1) is 5.92 Å². The number of esters is 1. The number of carbonyl (C=O) groups excluding carboxylic acids is 2. The Bertz CT molecular complexity index is 1010. The number of hydrogen-bond donors (Lipinski definition) is 0. The Balaban J connectivity index is 1.73. The van der Waals surface area contributed by atoms with Gasteiger partial charge < -0.3 is 9.47 Å². The number of aromatic nitrogens is 1. The van der Waals surface area contributed by atoms with Gasteiger partial charge in [-0.25, -0.2) is 0 Å². The molecule has 0 saturated carbocycles. The van der Waals surface area contributed by atoms with Crippen molar-refractivity contribution in [2.45, 2.75) is 31.6 Å². The molecule has 1 aromatic heterocycles. The van der Waals surface area contributed by atoms with Crippen molar-refractivity contribution in [3.8, 4) is 0 Å². The Morgan fingerprint density at radius 2 is 1.84 bits per heavy atom. The maximum Gasteiger partial charge on any atom is 0.315 e. The van der Waals surface area contributed by atoms with Crippen LogP contribution in [-0.2, 0) is 19.1 Å². The first-order valence-corrected chi connectivity index (χ1v) is 10.5. The molecule has 2 heterocycles. The lowest BCUT2D eigenvalue weighted by atomic mass is 9.70. The molecule has 2 aliphatic rings. The summed E-state index contributed by atoms with van der Waals surface area (Å²) < 4.78 is 10.4. The van der Waals surface area contributed by atoms with Crippen LogP contribution >= 0.6 is 0 Å². The van der Waals surface area contributed by atoms with E-state index in [2.05, 4.69) is 17.1 Å². The van der Waals surface area contributed by atoms with E-state index in [-0.39, 0.29) is 18.3 Å². The third-order valence-electron chi connectivity index (χ3n) is 5.95. The van der Waals surface area contributed by atoms with Crippen molar-refractivity contribution < 1.29 is 19.1 Å². The van der Waals surface area contributed by atoms with Crippen molar-refractivity contribution in [2.75, 3.05) is 20.3 Å². The average molecular weight is 418 g/mol. The third-order valence-corrected chi connectivity index (χ3v) is 5.95. The summed E-state index contributed by atoms with van der Waals surface area (Å²) in [7, 11) is 1.55. The van der Waals surface area contributed by atoms with Gasteiger partial charge in [-0.15, -0.1) is 0 Å². The van der Waals surface area contributed by atoms with Gasteiger partial charge in [-0.1, -0.05) is 36.4 Å². The number of pyridine rings is 1. The lowest BCUT2D eigenvalue weighted by Crippen LogP contribution is -2.38. The van der Waals surface area contributed by atoms with Gasteiger partial charge in [-0.2, -0.15) is 0 Å². The second kappa shape index (κ2) is 9.35. The number of carbonyl (C=O) groups is 2. The number of ether oxygens (including phenoxy) is 2. The highest BCUT2D eigenvalue weighted by Gasteiger charge is 2.45. The number of Topliss-reactive ketones (excluding diaryl/α,β-unsaturated/α-hetero) is 1. The predicted octanol–water partition coefficient (Wildman–Crippen LogP) is 3.85. The average Bonchev–Trinajstić information content (AvgIpc) is 2.79. The summed E-state index contributed by atoms with van der Waals surface area (Å²) in [6.07, 6.45) is 2.74. The Kier molecular flexibility index (Phi) is 6.37. The minimum atomic E-state index is -0.678. The fraction of sp³-hybridized carbons (Fsp3) is 0.360. The van der Waals surface area contributed by atoms with E-state index in [1.54, 1.807) is 13.3 Å². The van der Waals surface area contributed by atoms with E-state index in [9.17, 15) is 9.59 Å². The maximum atomic E-state index is 13.4. The van der Waals surface area contributed by atoms with Crippen LogP contribution in [0.1, 0.15) is 42.9 Å². The first-order chi connectivity index (χ1) is 15.1. The van der Waals surface area contributed by atoms with Gasteiger partial charge in [0.15, 0.2) is 5.78 Å². The standard InChI is InChI=1S/C25H26N2O4/c1-16-22(25(29)31-13-12-30-2)24(19-10-6-7-11-26-19)23-20(27-16)14-18(15-21(23)28)17-8-4-3-5-9-17/h3-11,18,22,24H,12-15H2,1-2H3/t18-,22?,24+/m1/s1. The molecule has 0 bridgehead atoms. The number of ketones is 1. The van der Waals surface area contributed by atoms with Crippen molar-refractivity contribution in [3.05, 3.63) is 77.3 Å². The van der Waals surface area contributed by atoms with E-state index in [4.69, 9.17) is 14.5 Å². The predicted molar refractivity (Wildman–Crippen MR) is 117 cm³/mol. The van der Waals surface area contributed by atoms with E-state index in [0.29, 0.717) is 36.4 Å². The second-order valence-corrected chi connectivity index (χ2v) is 7.92. The molecule has 0 radical (unpaired) electrons. The molecule has 6 nitrogen and oxygen atoms in total. The van der Waals surface area contributed by atoms with Crippen LogP contribution in [0.3, 0.4) is 0 Å². The zero-order valence-corrected chi connectivity index (χ0v) is 17.8. The first kappa shape index (κ1) is 21.1. The fourth-order valence-electron chi connectivity index (χ4n) is 4.52. The van der Waals surface area contributed by atoms with Crippen molar-refractivity contribution in [2.24, 2.45) is 10.9 Å². The van der Waals surface area contributed by atoms with E-state index < -0.39 is 17.8 Å². The van der Waals surface area contributed by atoms with Crippen molar-refractivity contribution in [1.29, 1.82) is 0 Å². The number of allylic oxidation sites excluding steroid dienone is 2. The molecule has 0 spiro atoms. The van der Waals surface area contributed by atoms with Gasteiger partial charge >= 0.3 is 5.97 Å². The van der Waals surface area contributed by atoms with E-state index >= 15 is 0 Å². The number of aliphatic imine (C=N–C) groups is 1. The van der Waals surface area contributed by atoms with Crippen LogP contribution in [-0.4, -0.2) is 42.8 Å². The molecule has 0 amide bonds. The molecule has 1 aliphatic carbocycles.